The van der Waals surface area contributed by atoms with Crippen molar-refractivity contribution in [3.63, 3.8) is 0 Å². The highest BCUT2D eigenvalue weighted by Gasteiger charge is 2.12. The highest BCUT2D eigenvalue weighted by Crippen LogP contribution is 2.27. The molecule has 1 heterocycles. The summed E-state index contributed by atoms with van der Waals surface area (Å²) in [5.41, 5.74) is 2.00. The van der Waals surface area contributed by atoms with Crippen LogP contribution in [0, 0.1) is 17.0 Å². The molecule has 0 aliphatic heterocycles. The highest BCUT2D eigenvalue weighted by atomic mass is 16.6. The molecule has 0 aliphatic carbocycles. The third-order valence-corrected chi connectivity index (χ3v) is 4.23. The number of fused-ring (bicyclic) bond motifs is 1. The van der Waals surface area contributed by atoms with Crippen molar-refractivity contribution in [1.82, 2.24) is 0 Å². The minimum atomic E-state index is -0.513. The number of anilines is 1. The SMILES string of the molecule is CCc1cc2c(C)cc(=O)oc2cc1OCC(=O)Nc1ccc([N+](=O)[O-])cc1. The lowest BCUT2D eigenvalue weighted by molar-refractivity contribution is -0.384. The van der Waals surface area contributed by atoms with Crippen molar-refractivity contribution in [3.8, 4) is 5.75 Å². The number of carbonyl (C=O) groups is 1. The van der Waals surface area contributed by atoms with Crippen molar-refractivity contribution < 1.29 is 18.9 Å². The molecule has 3 aromatic rings. The fourth-order valence-electron chi connectivity index (χ4n) is 2.81. The van der Waals surface area contributed by atoms with Crippen LogP contribution in [0.1, 0.15) is 18.1 Å². The molecule has 8 heteroatoms. The zero-order valence-electron chi connectivity index (χ0n) is 15.4. The van der Waals surface area contributed by atoms with E-state index in [1.54, 1.807) is 6.07 Å². The summed E-state index contributed by atoms with van der Waals surface area (Å²) in [5, 5.41) is 14.1. The minimum Gasteiger partial charge on any atom is -0.483 e. The molecule has 144 valence electrons. The Morgan fingerprint density at radius 1 is 1.21 bits per heavy atom. The number of ether oxygens (including phenoxy) is 1. The van der Waals surface area contributed by atoms with E-state index in [1.807, 2.05) is 19.9 Å². The number of hydrogen-bond acceptors (Lipinski definition) is 6. The quantitative estimate of drug-likeness (QED) is 0.396. The minimum absolute atomic E-state index is 0.0604. The molecule has 0 aliphatic rings. The monoisotopic (exact) mass is 382 g/mol. The third-order valence-electron chi connectivity index (χ3n) is 4.23. The number of non-ortho nitro benzene ring substituents is 1. The highest BCUT2D eigenvalue weighted by molar-refractivity contribution is 5.92. The van der Waals surface area contributed by atoms with Crippen LogP contribution in [0.15, 0.2) is 51.7 Å². The summed E-state index contributed by atoms with van der Waals surface area (Å²) in [4.78, 5) is 33.9. The van der Waals surface area contributed by atoms with Gasteiger partial charge in [0.1, 0.15) is 11.3 Å². The van der Waals surface area contributed by atoms with Gasteiger partial charge in [0, 0.05) is 35.3 Å². The molecule has 1 amide bonds. The second kappa shape index (κ2) is 7.91. The molecule has 3 rings (SSSR count). The number of nitro groups is 1. The molecule has 0 bridgehead atoms. The Hall–Kier alpha value is -3.68. The molecule has 8 nitrogen and oxygen atoms in total. The zero-order chi connectivity index (χ0) is 20.3. The molecule has 0 atom stereocenters. The van der Waals surface area contributed by atoms with Gasteiger partial charge in [-0.3, -0.25) is 14.9 Å². The lowest BCUT2D eigenvalue weighted by atomic mass is 10.1. The molecule has 0 saturated heterocycles. The normalized spacial score (nSPS) is 10.6. The van der Waals surface area contributed by atoms with E-state index in [4.69, 9.17) is 9.15 Å². The fraction of sp³-hybridized carbons (Fsp3) is 0.200. The second-order valence-electron chi connectivity index (χ2n) is 6.20. The van der Waals surface area contributed by atoms with Gasteiger partial charge in [-0.25, -0.2) is 4.79 Å². The van der Waals surface area contributed by atoms with E-state index in [0.29, 0.717) is 23.4 Å². The predicted octanol–water partition coefficient (Wildman–Crippen LogP) is 3.59. The summed E-state index contributed by atoms with van der Waals surface area (Å²) < 4.78 is 10.9. The van der Waals surface area contributed by atoms with E-state index in [9.17, 15) is 19.7 Å². The van der Waals surface area contributed by atoms with Crippen LogP contribution in [-0.2, 0) is 11.2 Å². The van der Waals surface area contributed by atoms with Gasteiger partial charge in [0.05, 0.1) is 4.92 Å². The van der Waals surface area contributed by atoms with Gasteiger partial charge >= 0.3 is 5.63 Å². The molecule has 0 spiro atoms. The number of nitrogens with zero attached hydrogens (tertiary/aromatic N) is 1. The second-order valence-corrected chi connectivity index (χ2v) is 6.20. The topological polar surface area (TPSA) is 112 Å². The number of amides is 1. The van der Waals surface area contributed by atoms with Gasteiger partial charge in [-0.05, 0) is 42.7 Å². The molecular weight excluding hydrogens is 364 g/mol. The van der Waals surface area contributed by atoms with E-state index in [2.05, 4.69) is 5.32 Å². The summed E-state index contributed by atoms with van der Waals surface area (Å²) in [6, 6.07) is 10.4. The van der Waals surface area contributed by atoms with E-state index >= 15 is 0 Å². The van der Waals surface area contributed by atoms with Gasteiger partial charge in [-0.1, -0.05) is 6.92 Å². The first-order chi connectivity index (χ1) is 13.4. The molecule has 0 radical (unpaired) electrons. The number of hydrogen-bond donors (Lipinski definition) is 1. The van der Waals surface area contributed by atoms with Crippen molar-refractivity contribution in [3.05, 3.63) is 74.1 Å². The van der Waals surface area contributed by atoms with Gasteiger partial charge in [0.25, 0.3) is 11.6 Å². The van der Waals surface area contributed by atoms with Gasteiger partial charge in [0.15, 0.2) is 6.61 Å². The fourth-order valence-corrected chi connectivity index (χ4v) is 2.81. The number of nitro benzene ring substituents is 1. The van der Waals surface area contributed by atoms with Crippen LogP contribution in [0.2, 0.25) is 0 Å². The largest absolute Gasteiger partial charge is 0.483 e. The summed E-state index contributed by atoms with van der Waals surface area (Å²) in [5.74, 6) is 0.0456. The lowest BCUT2D eigenvalue weighted by Gasteiger charge is -2.12. The van der Waals surface area contributed by atoms with Gasteiger partial charge in [-0.2, -0.15) is 0 Å². The Morgan fingerprint density at radius 2 is 1.93 bits per heavy atom. The van der Waals surface area contributed by atoms with E-state index in [-0.39, 0.29) is 12.3 Å². The summed E-state index contributed by atoms with van der Waals surface area (Å²) in [6.45, 7) is 3.53. The molecule has 1 aromatic heterocycles. The van der Waals surface area contributed by atoms with Crippen molar-refractivity contribution in [2.75, 3.05) is 11.9 Å². The molecule has 28 heavy (non-hydrogen) atoms. The molecular formula is C20H18N2O6. The Morgan fingerprint density at radius 3 is 2.57 bits per heavy atom. The Labute approximate surface area is 159 Å². The van der Waals surface area contributed by atoms with Crippen molar-refractivity contribution in [2.45, 2.75) is 20.3 Å². The maximum atomic E-state index is 12.1. The van der Waals surface area contributed by atoms with Crippen LogP contribution >= 0.6 is 0 Å². The maximum Gasteiger partial charge on any atom is 0.336 e. The summed E-state index contributed by atoms with van der Waals surface area (Å²) in [6.07, 6.45) is 0.674. The van der Waals surface area contributed by atoms with Crippen LogP contribution in [-0.4, -0.2) is 17.4 Å². The van der Waals surface area contributed by atoms with E-state index < -0.39 is 16.5 Å². The van der Waals surface area contributed by atoms with Gasteiger partial charge < -0.3 is 14.5 Å². The van der Waals surface area contributed by atoms with Crippen LogP contribution in [0.3, 0.4) is 0 Å². The van der Waals surface area contributed by atoms with Crippen LogP contribution < -0.4 is 15.7 Å². The van der Waals surface area contributed by atoms with Crippen molar-refractivity contribution >= 4 is 28.3 Å². The lowest BCUT2D eigenvalue weighted by Crippen LogP contribution is -2.20. The average molecular weight is 382 g/mol. The number of benzene rings is 2. The first-order valence-electron chi connectivity index (χ1n) is 8.62. The van der Waals surface area contributed by atoms with Crippen molar-refractivity contribution in [1.29, 1.82) is 0 Å². The Balaban J connectivity index is 1.74. The first-order valence-corrected chi connectivity index (χ1v) is 8.62. The molecule has 0 fully saturated rings. The standard InChI is InChI=1S/C20H18N2O6/c1-3-13-9-16-12(2)8-20(24)28-18(16)10-17(13)27-11-19(23)21-14-4-6-15(7-5-14)22(25)26/h4-10H,3,11H2,1-2H3,(H,21,23). The number of aryl methyl sites for hydroxylation is 2. The Bertz CT molecular complexity index is 1100. The summed E-state index contributed by atoms with van der Waals surface area (Å²) in [7, 11) is 0. The Kier molecular flexibility index (Phi) is 5.39. The maximum absolute atomic E-state index is 12.1. The van der Waals surface area contributed by atoms with Gasteiger partial charge in [-0.15, -0.1) is 0 Å². The predicted molar refractivity (Wildman–Crippen MR) is 104 cm³/mol. The smallest absolute Gasteiger partial charge is 0.336 e. The molecule has 1 N–H and O–H groups in total. The number of rotatable bonds is 6. The average Bonchev–Trinajstić information content (AvgIpc) is 2.66. The van der Waals surface area contributed by atoms with E-state index in [0.717, 1.165) is 16.5 Å². The van der Waals surface area contributed by atoms with E-state index in [1.165, 1.54) is 30.3 Å². The molecule has 0 unspecified atom stereocenters. The van der Waals surface area contributed by atoms with Crippen LogP contribution in [0.5, 0.6) is 5.75 Å². The first kappa shape index (κ1) is 19.1. The van der Waals surface area contributed by atoms with Crippen LogP contribution in [0.4, 0.5) is 11.4 Å². The van der Waals surface area contributed by atoms with Gasteiger partial charge in [0.2, 0.25) is 0 Å². The molecule has 2 aromatic carbocycles. The zero-order valence-corrected chi connectivity index (χ0v) is 15.4. The molecule has 0 saturated carbocycles. The summed E-state index contributed by atoms with van der Waals surface area (Å²) >= 11 is 0. The third kappa shape index (κ3) is 4.17. The number of nitrogens with one attached hydrogen (secondary N) is 1. The van der Waals surface area contributed by atoms with Crippen LogP contribution in [0.25, 0.3) is 11.0 Å². The van der Waals surface area contributed by atoms with Crippen molar-refractivity contribution in [2.24, 2.45) is 0 Å². The number of carbonyl (C=O) groups excluding carboxylic acids is 1.